The van der Waals surface area contributed by atoms with Gasteiger partial charge < -0.3 is 25.2 Å². The molecular formula is C41H80NO10P. The van der Waals surface area contributed by atoms with Crippen molar-refractivity contribution >= 4 is 25.7 Å². The fraction of sp³-hybridized carbons (Fsp3) is 0.927. The number of hydrogen-bond donors (Lipinski definition) is 3. The average Bonchev–Trinajstić information content (AvgIpc) is 3.13. The number of unbranched alkanes of at least 4 members (excludes halogenated alkanes) is 27. The Morgan fingerprint density at radius 3 is 1.19 bits per heavy atom. The SMILES string of the molecule is CCCCCCCCCCCCCCCCCCCC(=O)OC[C@H](COP(=O)(O)OC[C@H](N)C(=O)O)OC(=O)CCCCCCCCCCCCCC. The van der Waals surface area contributed by atoms with E-state index in [2.05, 4.69) is 18.4 Å². The third kappa shape index (κ3) is 37.2. The van der Waals surface area contributed by atoms with Crippen molar-refractivity contribution in [3.8, 4) is 0 Å². The van der Waals surface area contributed by atoms with Crippen LogP contribution in [0.1, 0.15) is 213 Å². The lowest BCUT2D eigenvalue weighted by Gasteiger charge is -2.20. The summed E-state index contributed by atoms with van der Waals surface area (Å²) in [5.74, 6) is -2.36. The Morgan fingerprint density at radius 2 is 0.830 bits per heavy atom. The van der Waals surface area contributed by atoms with Crippen LogP contribution >= 0.6 is 7.82 Å². The largest absolute Gasteiger partial charge is 0.480 e. The first-order valence-electron chi connectivity index (χ1n) is 21.6. The zero-order valence-electron chi connectivity index (χ0n) is 33.9. The number of rotatable bonds is 41. The van der Waals surface area contributed by atoms with Crippen LogP contribution in [0.25, 0.3) is 0 Å². The van der Waals surface area contributed by atoms with Gasteiger partial charge in [0, 0.05) is 12.8 Å². The molecule has 12 heteroatoms. The van der Waals surface area contributed by atoms with Gasteiger partial charge in [0.1, 0.15) is 12.6 Å². The second-order valence-electron chi connectivity index (χ2n) is 14.8. The summed E-state index contributed by atoms with van der Waals surface area (Å²) in [4.78, 5) is 45.9. The van der Waals surface area contributed by atoms with Gasteiger partial charge in [-0.15, -0.1) is 0 Å². The third-order valence-corrected chi connectivity index (χ3v) is 10.6. The second-order valence-corrected chi connectivity index (χ2v) is 16.3. The number of phosphoric ester groups is 1. The van der Waals surface area contributed by atoms with Crippen molar-refractivity contribution in [2.75, 3.05) is 19.8 Å². The van der Waals surface area contributed by atoms with Crippen LogP contribution in [0, 0.1) is 0 Å². The maximum Gasteiger partial charge on any atom is 0.472 e. The summed E-state index contributed by atoms with van der Waals surface area (Å²) in [5, 5.41) is 8.87. The molecule has 3 atom stereocenters. The number of carboxylic acids is 1. The summed E-state index contributed by atoms with van der Waals surface area (Å²) in [6.45, 7) is 2.82. The summed E-state index contributed by atoms with van der Waals surface area (Å²) >= 11 is 0. The van der Waals surface area contributed by atoms with Gasteiger partial charge >= 0.3 is 25.7 Å². The number of carbonyl (C=O) groups is 3. The predicted molar refractivity (Wildman–Crippen MR) is 213 cm³/mol. The smallest absolute Gasteiger partial charge is 0.472 e. The van der Waals surface area contributed by atoms with Crippen molar-refractivity contribution < 1.29 is 47.5 Å². The van der Waals surface area contributed by atoms with Gasteiger partial charge in [-0.25, -0.2) is 4.57 Å². The van der Waals surface area contributed by atoms with E-state index in [0.29, 0.717) is 12.8 Å². The monoisotopic (exact) mass is 778 g/mol. The molecule has 0 radical (unpaired) electrons. The first-order chi connectivity index (χ1) is 25.6. The maximum absolute atomic E-state index is 12.6. The lowest BCUT2D eigenvalue weighted by Crippen LogP contribution is -2.34. The van der Waals surface area contributed by atoms with E-state index in [4.69, 9.17) is 24.8 Å². The molecule has 0 aliphatic carbocycles. The molecule has 0 saturated heterocycles. The minimum absolute atomic E-state index is 0.169. The Balaban J connectivity index is 4.29. The first kappa shape index (κ1) is 51.5. The number of carbonyl (C=O) groups excluding carboxylic acids is 2. The fourth-order valence-electron chi connectivity index (χ4n) is 6.18. The molecular weight excluding hydrogens is 697 g/mol. The molecule has 0 aromatic rings. The Kier molecular flexibility index (Phi) is 36.3. The number of esters is 2. The van der Waals surface area contributed by atoms with Gasteiger partial charge in [-0.3, -0.25) is 23.4 Å². The van der Waals surface area contributed by atoms with Crippen molar-refractivity contribution in [1.82, 2.24) is 0 Å². The van der Waals surface area contributed by atoms with Crippen LogP contribution in [0.2, 0.25) is 0 Å². The molecule has 4 N–H and O–H groups in total. The number of ether oxygens (including phenoxy) is 2. The molecule has 0 spiro atoms. The van der Waals surface area contributed by atoms with E-state index < -0.39 is 51.1 Å². The first-order valence-corrected chi connectivity index (χ1v) is 23.1. The molecule has 0 bridgehead atoms. The molecule has 0 aromatic carbocycles. The Labute approximate surface area is 323 Å². The van der Waals surface area contributed by atoms with Crippen LogP contribution in [-0.4, -0.2) is 59.9 Å². The Hall–Kier alpha value is -1.52. The zero-order chi connectivity index (χ0) is 39.3. The topological polar surface area (TPSA) is 172 Å². The number of aliphatic carboxylic acids is 1. The average molecular weight is 778 g/mol. The summed E-state index contributed by atoms with van der Waals surface area (Å²) in [5.41, 5.74) is 5.33. The van der Waals surface area contributed by atoms with E-state index in [1.807, 2.05) is 0 Å². The van der Waals surface area contributed by atoms with Gasteiger partial charge in [0.2, 0.25) is 0 Å². The van der Waals surface area contributed by atoms with Crippen LogP contribution in [0.4, 0.5) is 0 Å². The number of nitrogens with two attached hydrogens (primary N) is 1. The summed E-state index contributed by atoms with van der Waals surface area (Å²) < 4.78 is 32.7. The molecule has 11 nitrogen and oxygen atoms in total. The maximum atomic E-state index is 12.6. The molecule has 0 aliphatic heterocycles. The zero-order valence-corrected chi connectivity index (χ0v) is 34.8. The minimum atomic E-state index is -4.70. The summed E-state index contributed by atoms with van der Waals surface area (Å²) in [6.07, 6.45) is 34.5. The van der Waals surface area contributed by atoms with E-state index in [-0.39, 0.29) is 19.4 Å². The Bertz CT molecular complexity index is 921. The van der Waals surface area contributed by atoms with E-state index in [1.165, 1.54) is 135 Å². The van der Waals surface area contributed by atoms with E-state index in [1.54, 1.807) is 0 Å². The van der Waals surface area contributed by atoms with E-state index in [0.717, 1.165) is 38.5 Å². The molecule has 0 aliphatic rings. The molecule has 0 rings (SSSR count). The molecule has 53 heavy (non-hydrogen) atoms. The highest BCUT2D eigenvalue weighted by Crippen LogP contribution is 2.43. The quantitative estimate of drug-likeness (QED) is 0.0306. The summed E-state index contributed by atoms with van der Waals surface area (Å²) in [7, 11) is -4.70. The van der Waals surface area contributed by atoms with Crippen molar-refractivity contribution in [2.45, 2.75) is 225 Å². The standard InChI is InChI=1S/C41H80NO10P/c1-3-5-7-9-11-13-15-17-18-19-20-21-23-24-26-28-30-32-39(43)49-34-37(35-50-53(47,48)51-36-38(42)41(45)46)52-40(44)33-31-29-27-25-22-16-14-12-10-8-6-4-2/h37-38H,3-36,42H2,1-2H3,(H,45,46)(H,47,48)/t37-,38+/m1/s1. The number of phosphoric acid groups is 1. The molecule has 314 valence electrons. The minimum Gasteiger partial charge on any atom is -0.480 e. The van der Waals surface area contributed by atoms with Crippen LogP contribution < -0.4 is 5.73 Å². The molecule has 0 heterocycles. The van der Waals surface area contributed by atoms with Crippen molar-refractivity contribution in [1.29, 1.82) is 0 Å². The molecule has 0 fully saturated rings. The second kappa shape index (κ2) is 37.4. The highest BCUT2D eigenvalue weighted by Gasteiger charge is 2.28. The molecule has 1 unspecified atom stereocenters. The molecule has 0 aromatic heterocycles. The highest BCUT2D eigenvalue weighted by molar-refractivity contribution is 7.47. The van der Waals surface area contributed by atoms with Crippen LogP contribution in [0.5, 0.6) is 0 Å². The fourth-order valence-corrected chi connectivity index (χ4v) is 6.96. The van der Waals surface area contributed by atoms with Gasteiger partial charge in [-0.1, -0.05) is 187 Å². The van der Waals surface area contributed by atoms with Crippen molar-refractivity contribution in [3.05, 3.63) is 0 Å². The van der Waals surface area contributed by atoms with Gasteiger partial charge in [0.05, 0.1) is 13.2 Å². The summed E-state index contributed by atoms with van der Waals surface area (Å²) in [6, 6.07) is -1.52. The van der Waals surface area contributed by atoms with Crippen molar-refractivity contribution in [3.63, 3.8) is 0 Å². The van der Waals surface area contributed by atoms with Gasteiger partial charge in [0.25, 0.3) is 0 Å². The van der Waals surface area contributed by atoms with Gasteiger partial charge in [0.15, 0.2) is 6.10 Å². The van der Waals surface area contributed by atoms with E-state index >= 15 is 0 Å². The predicted octanol–water partition coefficient (Wildman–Crippen LogP) is 11.1. The van der Waals surface area contributed by atoms with Gasteiger partial charge in [-0.05, 0) is 12.8 Å². The molecule has 0 saturated carbocycles. The van der Waals surface area contributed by atoms with Crippen molar-refractivity contribution in [2.24, 2.45) is 5.73 Å². The van der Waals surface area contributed by atoms with E-state index in [9.17, 15) is 23.8 Å². The highest BCUT2D eigenvalue weighted by atomic mass is 31.2. The number of carboxylic acid groups (broad SMARTS) is 1. The van der Waals surface area contributed by atoms with Crippen LogP contribution in [0.15, 0.2) is 0 Å². The van der Waals surface area contributed by atoms with Gasteiger partial charge in [-0.2, -0.15) is 0 Å². The third-order valence-electron chi connectivity index (χ3n) is 9.61. The van der Waals surface area contributed by atoms with Crippen LogP contribution in [-0.2, 0) is 37.5 Å². The van der Waals surface area contributed by atoms with Crippen LogP contribution in [0.3, 0.4) is 0 Å². The Morgan fingerprint density at radius 1 is 0.509 bits per heavy atom. The lowest BCUT2D eigenvalue weighted by atomic mass is 10.0. The number of hydrogen-bond acceptors (Lipinski definition) is 9. The normalized spacial score (nSPS) is 13.7. The lowest BCUT2D eigenvalue weighted by molar-refractivity contribution is -0.161. The molecule has 0 amide bonds.